The molecule has 0 aliphatic heterocycles. The van der Waals surface area contributed by atoms with Gasteiger partial charge in [-0.1, -0.05) is 18.2 Å². The van der Waals surface area contributed by atoms with Gasteiger partial charge < -0.3 is 5.32 Å². The van der Waals surface area contributed by atoms with Crippen molar-refractivity contribution in [3.05, 3.63) is 64.8 Å². The number of hydrogen-bond acceptors (Lipinski definition) is 4. The molecule has 24 heavy (non-hydrogen) atoms. The number of rotatable bonds is 4. The van der Waals surface area contributed by atoms with Crippen LogP contribution in [0.15, 0.2) is 48.5 Å². The molecule has 122 valence electrons. The fourth-order valence-corrected chi connectivity index (χ4v) is 3.26. The summed E-state index contributed by atoms with van der Waals surface area (Å²) in [6.07, 6.45) is 0.140. The van der Waals surface area contributed by atoms with Gasteiger partial charge in [0, 0.05) is 10.4 Å². The van der Waals surface area contributed by atoms with Crippen molar-refractivity contribution in [2.45, 2.75) is 6.42 Å². The molecular weight excluding hydrogens is 331 g/mol. The molecule has 0 spiro atoms. The summed E-state index contributed by atoms with van der Waals surface area (Å²) < 4.78 is 13.7. The molecule has 0 saturated heterocycles. The van der Waals surface area contributed by atoms with Gasteiger partial charge in [-0.25, -0.2) is 9.87 Å². The molecule has 0 unspecified atom stereocenters. The number of fused-ring (bicyclic) bond motifs is 1. The normalized spacial score (nSPS) is 10.6. The van der Waals surface area contributed by atoms with Gasteiger partial charge in [-0.05, 0) is 41.3 Å². The zero-order valence-corrected chi connectivity index (χ0v) is 13.2. The van der Waals surface area contributed by atoms with Crippen LogP contribution in [0, 0.1) is 5.82 Å². The molecule has 0 bridgehead atoms. The second-order valence-electron chi connectivity index (χ2n) is 5.16. The molecule has 1 heterocycles. The number of carbonyl (C=O) groups is 2. The number of thiophene rings is 1. The summed E-state index contributed by atoms with van der Waals surface area (Å²) >= 11 is 1.21. The van der Waals surface area contributed by atoms with Crippen molar-refractivity contribution in [3.63, 3.8) is 0 Å². The Morgan fingerprint density at radius 3 is 2.54 bits per heavy atom. The van der Waals surface area contributed by atoms with Crippen LogP contribution < -0.4 is 10.8 Å². The highest BCUT2D eigenvalue weighted by Gasteiger charge is 2.10. The van der Waals surface area contributed by atoms with E-state index in [9.17, 15) is 14.0 Å². The van der Waals surface area contributed by atoms with Crippen LogP contribution in [0.4, 0.5) is 10.1 Å². The molecule has 0 aliphatic rings. The van der Waals surface area contributed by atoms with Crippen molar-refractivity contribution in [2.24, 2.45) is 0 Å². The molecule has 1 aromatic heterocycles. The van der Waals surface area contributed by atoms with Crippen molar-refractivity contribution in [1.82, 2.24) is 5.48 Å². The van der Waals surface area contributed by atoms with Crippen molar-refractivity contribution in [2.75, 3.05) is 5.32 Å². The molecule has 0 saturated carbocycles. The number of anilines is 1. The lowest BCUT2D eigenvalue weighted by molar-refractivity contribution is -0.115. The summed E-state index contributed by atoms with van der Waals surface area (Å²) in [6, 6.07) is 12.7. The van der Waals surface area contributed by atoms with Gasteiger partial charge in [0.25, 0.3) is 5.91 Å². The van der Waals surface area contributed by atoms with Gasteiger partial charge in [0.05, 0.1) is 11.3 Å². The number of nitrogens with one attached hydrogen (secondary N) is 2. The molecule has 0 fully saturated rings. The minimum atomic E-state index is -0.571. The van der Waals surface area contributed by atoms with E-state index in [0.29, 0.717) is 16.1 Å². The summed E-state index contributed by atoms with van der Waals surface area (Å²) in [7, 11) is 0. The van der Waals surface area contributed by atoms with E-state index >= 15 is 0 Å². The van der Waals surface area contributed by atoms with Crippen molar-refractivity contribution < 1.29 is 19.2 Å². The first kappa shape index (κ1) is 16.1. The summed E-state index contributed by atoms with van der Waals surface area (Å²) in [5.74, 6) is -1.13. The number of carbonyl (C=O) groups excluding carboxylic acids is 2. The Kier molecular flexibility index (Phi) is 4.54. The Bertz CT molecular complexity index is 906. The minimum Gasteiger partial charge on any atom is -0.326 e. The van der Waals surface area contributed by atoms with Gasteiger partial charge in [-0.15, -0.1) is 11.3 Å². The Hall–Kier alpha value is -2.77. The van der Waals surface area contributed by atoms with E-state index in [1.807, 2.05) is 0 Å². The second-order valence-corrected chi connectivity index (χ2v) is 6.24. The summed E-state index contributed by atoms with van der Waals surface area (Å²) in [5.41, 5.74) is 2.92. The molecule has 7 heteroatoms. The summed E-state index contributed by atoms with van der Waals surface area (Å²) in [5, 5.41) is 12.3. The standard InChI is InChI=1S/C17H13FN2O3S/c18-12-4-1-10(2-5-12)7-16(21)19-13-6-3-11-8-15(17(22)20-23)24-14(11)9-13/h1-6,8-9,23H,7H2,(H,19,21)(H,20,22). The smallest absolute Gasteiger partial charge is 0.284 e. The lowest BCUT2D eigenvalue weighted by atomic mass is 10.1. The molecule has 3 rings (SSSR count). The van der Waals surface area contributed by atoms with Crippen molar-refractivity contribution in [3.8, 4) is 0 Å². The second kappa shape index (κ2) is 6.77. The number of halogens is 1. The largest absolute Gasteiger partial charge is 0.326 e. The lowest BCUT2D eigenvalue weighted by Crippen LogP contribution is -2.16. The van der Waals surface area contributed by atoms with Crippen LogP contribution in [0.3, 0.4) is 0 Å². The third-order valence-electron chi connectivity index (χ3n) is 3.41. The van der Waals surface area contributed by atoms with Crippen molar-refractivity contribution >= 4 is 38.9 Å². The Labute approximate surface area is 140 Å². The van der Waals surface area contributed by atoms with Gasteiger partial charge in [-0.2, -0.15) is 0 Å². The first-order valence-electron chi connectivity index (χ1n) is 7.07. The predicted octanol–water partition coefficient (Wildman–Crippen LogP) is 3.34. The van der Waals surface area contributed by atoms with Crippen LogP contribution in [0.25, 0.3) is 10.1 Å². The predicted molar refractivity (Wildman–Crippen MR) is 89.8 cm³/mol. The van der Waals surface area contributed by atoms with Crippen LogP contribution in [0.2, 0.25) is 0 Å². The van der Waals surface area contributed by atoms with E-state index in [1.165, 1.54) is 23.5 Å². The molecule has 5 nitrogen and oxygen atoms in total. The molecule has 2 amide bonds. The maximum atomic E-state index is 12.9. The fraction of sp³-hybridized carbons (Fsp3) is 0.0588. The first-order valence-corrected chi connectivity index (χ1v) is 7.89. The van der Waals surface area contributed by atoms with Crippen LogP contribution in [0.1, 0.15) is 15.2 Å². The molecule has 0 radical (unpaired) electrons. The molecule has 2 aromatic carbocycles. The third-order valence-corrected chi connectivity index (χ3v) is 4.50. The van der Waals surface area contributed by atoms with E-state index < -0.39 is 5.91 Å². The van der Waals surface area contributed by atoms with E-state index in [1.54, 1.807) is 41.9 Å². The van der Waals surface area contributed by atoms with Crippen LogP contribution >= 0.6 is 11.3 Å². The van der Waals surface area contributed by atoms with E-state index in [2.05, 4.69) is 5.32 Å². The first-order chi connectivity index (χ1) is 11.5. The molecule has 3 N–H and O–H groups in total. The Morgan fingerprint density at radius 1 is 1.08 bits per heavy atom. The lowest BCUT2D eigenvalue weighted by Gasteiger charge is -2.05. The van der Waals surface area contributed by atoms with Crippen LogP contribution in [-0.4, -0.2) is 17.0 Å². The average Bonchev–Trinajstić information content (AvgIpc) is 2.99. The van der Waals surface area contributed by atoms with Crippen molar-refractivity contribution in [1.29, 1.82) is 0 Å². The van der Waals surface area contributed by atoms with E-state index in [4.69, 9.17) is 5.21 Å². The topological polar surface area (TPSA) is 78.4 Å². The number of amides is 2. The maximum Gasteiger partial charge on any atom is 0.284 e. The monoisotopic (exact) mass is 344 g/mol. The third kappa shape index (κ3) is 3.58. The fourth-order valence-electron chi connectivity index (χ4n) is 2.27. The quantitative estimate of drug-likeness (QED) is 0.502. The number of hydrogen-bond donors (Lipinski definition) is 3. The van der Waals surface area contributed by atoms with Crippen LogP contribution in [0.5, 0.6) is 0 Å². The zero-order valence-electron chi connectivity index (χ0n) is 12.4. The average molecular weight is 344 g/mol. The highest BCUT2D eigenvalue weighted by Crippen LogP contribution is 2.28. The Morgan fingerprint density at radius 2 is 1.83 bits per heavy atom. The van der Waals surface area contributed by atoms with E-state index in [0.717, 1.165) is 10.1 Å². The SMILES string of the molecule is O=C(Cc1ccc(F)cc1)Nc1ccc2cc(C(=O)NO)sc2c1. The zero-order chi connectivity index (χ0) is 17.1. The Balaban J connectivity index is 1.73. The van der Waals surface area contributed by atoms with Crippen LogP contribution in [-0.2, 0) is 11.2 Å². The molecule has 3 aromatic rings. The maximum absolute atomic E-state index is 12.9. The van der Waals surface area contributed by atoms with Gasteiger partial charge in [-0.3, -0.25) is 14.8 Å². The van der Waals surface area contributed by atoms with Gasteiger partial charge in [0.1, 0.15) is 5.82 Å². The van der Waals surface area contributed by atoms with Gasteiger partial charge in [0.15, 0.2) is 0 Å². The van der Waals surface area contributed by atoms with E-state index in [-0.39, 0.29) is 18.1 Å². The summed E-state index contributed by atoms with van der Waals surface area (Å²) in [4.78, 5) is 23.9. The highest BCUT2D eigenvalue weighted by atomic mass is 32.1. The number of benzene rings is 2. The minimum absolute atomic E-state index is 0.140. The molecule has 0 aliphatic carbocycles. The van der Waals surface area contributed by atoms with Gasteiger partial charge in [0.2, 0.25) is 5.91 Å². The highest BCUT2D eigenvalue weighted by molar-refractivity contribution is 7.20. The van der Waals surface area contributed by atoms with Gasteiger partial charge >= 0.3 is 0 Å². The number of hydroxylamine groups is 1. The molecule has 0 atom stereocenters. The molecular formula is C17H13FN2O3S. The summed E-state index contributed by atoms with van der Waals surface area (Å²) in [6.45, 7) is 0.